The Balaban J connectivity index is 2.94. The Morgan fingerprint density at radius 3 is 2.45 bits per heavy atom. The zero-order valence-electron chi connectivity index (χ0n) is 11.3. The number of nitro benzene ring substituents is 1. The minimum absolute atomic E-state index is 0.00898. The second kappa shape index (κ2) is 6.65. The molecule has 1 atom stereocenters. The second-order valence-corrected chi connectivity index (χ2v) is 4.71. The summed E-state index contributed by atoms with van der Waals surface area (Å²) in [6, 6.07) is 5.08. The van der Waals surface area contributed by atoms with Gasteiger partial charge >= 0.3 is 0 Å². The Labute approximate surface area is 116 Å². The van der Waals surface area contributed by atoms with E-state index in [0.29, 0.717) is 5.56 Å². The lowest BCUT2D eigenvalue weighted by molar-refractivity contribution is -0.385. The summed E-state index contributed by atoms with van der Waals surface area (Å²) < 4.78 is 0. The van der Waals surface area contributed by atoms with Crippen LogP contribution in [0.15, 0.2) is 24.3 Å². The highest BCUT2D eigenvalue weighted by atomic mass is 16.6. The number of benzene rings is 1. The Morgan fingerprint density at radius 2 is 1.95 bits per heavy atom. The third-order valence-corrected chi connectivity index (χ3v) is 2.80. The number of nitrogens with zero attached hydrogens (tertiary/aromatic N) is 1. The van der Waals surface area contributed by atoms with E-state index in [1.54, 1.807) is 19.9 Å². The topological polar surface area (TPSA) is 115 Å². The van der Waals surface area contributed by atoms with Gasteiger partial charge < -0.3 is 11.1 Å². The van der Waals surface area contributed by atoms with Gasteiger partial charge in [0.25, 0.3) is 5.69 Å². The number of nitrogens with one attached hydrogen (secondary N) is 1. The molecule has 1 aromatic carbocycles. The van der Waals surface area contributed by atoms with Gasteiger partial charge in [0.05, 0.1) is 4.92 Å². The number of hydrogen-bond donors (Lipinski definition) is 2. The van der Waals surface area contributed by atoms with Crippen molar-refractivity contribution in [3.8, 4) is 0 Å². The number of nitro groups is 1. The quantitative estimate of drug-likeness (QED) is 0.590. The van der Waals surface area contributed by atoms with Gasteiger partial charge in [-0.15, -0.1) is 0 Å². The van der Waals surface area contributed by atoms with Crippen molar-refractivity contribution in [2.75, 3.05) is 0 Å². The number of carbonyl (C=O) groups excluding carboxylic acids is 2. The predicted molar refractivity (Wildman–Crippen MR) is 72.8 cm³/mol. The zero-order chi connectivity index (χ0) is 15.3. The molecular weight excluding hydrogens is 262 g/mol. The summed E-state index contributed by atoms with van der Waals surface area (Å²) in [6.45, 7) is 3.36. The molecule has 7 nitrogen and oxygen atoms in total. The highest BCUT2D eigenvalue weighted by Crippen LogP contribution is 2.19. The van der Waals surface area contributed by atoms with Gasteiger partial charge in [-0.1, -0.05) is 32.0 Å². The molecule has 0 heterocycles. The second-order valence-electron chi connectivity index (χ2n) is 4.71. The largest absolute Gasteiger partial charge is 0.368 e. The Hall–Kier alpha value is -2.44. The molecule has 20 heavy (non-hydrogen) atoms. The van der Waals surface area contributed by atoms with Crippen molar-refractivity contribution in [1.29, 1.82) is 0 Å². The molecule has 0 aliphatic heterocycles. The lowest BCUT2D eigenvalue weighted by Gasteiger charge is -2.17. The Kier molecular flexibility index (Phi) is 5.19. The maximum absolute atomic E-state index is 11.6. The van der Waals surface area contributed by atoms with Crippen LogP contribution in [-0.4, -0.2) is 22.8 Å². The zero-order valence-corrected chi connectivity index (χ0v) is 11.3. The number of rotatable bonds is 6. The fourth-order valence-electron chi connectivity index (χ4n) is 1.64. The summed E-state index contributed by atoms with van der Waals surface area (Å²) >= 11 is 0. The summed E-state index contributed by atoms with van der Waals surface area (Å²) in [5, 5.41) is 13.4. The van der Waals surface area contributed by atoms with Crippen LogP contribution in [0.4, 0.5) is 5.69 Å². The van der Waals surface area contributed by atoms with E-state index < -0.39 is 16.9 Å². The number of amides is 2. The van der Waals surface area contributed by atoms with Crippen LogP contribution in [0.1, 0.15) is 19.4 Å². The van der Waals surface area contributed by atoms with Crippen molar-refractivity contribution >= 4 is 17.5 Å². The average molecular weight is 279 g/mol. The van der Waals surface area contributed by atoms with Crippen molar-refractivity contribution in [2.24, 2.45) is 11.7 Å². The SMILES string of the molecule is CC(C)C(=O)N[C@@H](Cc1ccccc1[N+](=O)[O-])C(N)=O. The third-order valence-electron chi connectivity index (χ3n) is 2.80. The van der Waals surface area contributed by atoms with E-state index in [0.717, 1.165) is 0 Å². The average Bonchev–Trinajstić information content (AvgIpc) is 2.37. The molecule has 0 bridgehead atoms. The lowest BCUT2D eigenvalue weighted by Crippen LogP contribution is -2.47. The number of primary amides is 1. The van der Waals surface area contributed by atoms with Crippen LogP contribution in [0, 0.1) is 16.0 Å². The fraction of sp³-hybridized carbons (Fsp3) is 0.385. The van der Waals surface area contributed by atoms with E-state index >= 15 is 0 Å². The molecule has 0 aliphatic rings. The van der Waals surface area contributed by atoms with Crippen LogP contribution in [-0.2, 0) is 16.0 Å². The van der Waals surface area contributed by atoms with Crippen LogP contribution < -0.4 is 11.1 Å². The lowest BCUT2D eigenvalue weighted by atomic mass is 10.0. The van der Waals surface area contributed by atoms with Crippen molar-refractivity contribution in [3.05, 3.63) is 39.9 Å². The predicted octanol–water partition coefficient (Wildman–Crippen LogP) is 0.763. The molecule has 0 aromatic heterocycles. The Bertz CT molecular complexity index is 528. The summed E-state index contributed by atoms with van der Waals surface area (Å²) in [7, 11) is 0. The minimum atomic E-state index is -0.967. The van der Waals surface area contributed by atoms with Crippen LogP contribution >= 0.6 is 0 Å². The summed E-state index contributed by atoms with van der Waals surface area (Å²) in [6.07, 6.45) is -0.00898. The molecule has 0 spiro atoms. The van der Waals surface area contributed by atoms with Crippen molar-refractivity contribution in [3.63, 3.8) is 0 Å². The number of nitrogens with two attached hydrogens (primary N) is 1. The van der Waals surface area contributed by atoms with Gasteiger partial charge in [-0.05, 0) is 0 Å². The molecule has 2 amide bonds. The van der Waals surface area contributed by atoms with E-state index in [2.05, 4.69) is 5.32 Å². The summed E-state index contributed by atoms with van der Waals surface area (Å²) in [4.78, 5) is 33.4. The molecule has 0 unspecified atom stereocenters. The maximum atomic E-state index is 11.6. The molecule has 0 radical (unpaired) electrons. The van der Waals surface area contributed by atoms with Crippen LogP contribution in [0.25, 0.3) is 0 Å². The van der Waals surface area contributed by atoms with E-state index in [1.165, 1.54) is 18.2 Å². The molecule has 0 saturated carbocycles. The Morgan fingerprint density at radius 1 is 1.35 bits per heavy atom. The first kappa shape index (κ1) is 15.6. The molecule has 1 rings (SSSR count). The molecule has 0 fully saturated rings. The van der Waals surface area contributed by atoms with Gasteiger partial charge in [0.15, 0.2) is 0 Å². The standard InChI is InChI=1S/C13H17N3O4/c1-8(2)13(18)15-10(12(14)17)7-9-5-3-4-6-11(9)16(19)20/h3-6,8,10H,7H2,1-2H3,(H2,14,17)(H,15,18)/t10-/m0/s1. The first-order valence-corrected chi connectivity index (χ1v) is 6.15. The monoisotopic (exact) mass is 279 g/mol. The fourth-order valence-corrected chi connectivity index (χ4v) is 1.64. The van der Waals surface area contributed by atoms with E-state index in [1.807, 2.05) is 0 Å². The molecule has 108 valence electrons. The number of carbonyl (C=O) groups is 2. The summed E-state index contributed by atoms with van der Waals surface area (Å²) in [5.41, 5.74) is 5.49. The van der Waals surface area contributed by atoms with E-state index in [4.69, 9.17) is 5.73 Å². The van der Waals surface area contributed by atoms with Crippen LogP contribution in [0.3, 0.4) is 0 Å². The van der Waals surface area contributed by atoms with Gasteiger partial charge in [0.1, 0.15) is 6.04 Å². The maximum Gasteiger partial charge on any atom is 0.272 e. The molecule has 3 N–H and O–H groups in total. The van der Waals surface area contributed by atoms with Crippen LogP contribution in [0.2, 0.25) is 0 Å². The van der Waals surface area contributed by atoms with Gasteiger partial charge in [0, 0.05) is 24.0 Å². The van der Waals surface area contributed by atoms with E-state index in [9.17, 15) is 19.7 Å². The van der Waals surface area contributed by atoms with Gasteiger partial charge in [-0.25, -0.2) is 0 Å². The van der Waals surface area contributed by atoms with Crippen LogP contribution in [0.5, 0.6) is 0 Å². The first-order chi connectivity index (χ1) is 9.32. The highest BCUT2D eigenvalue weighted by molar-refractivity contribution is 5.87. The first-order valence-electron chi connectivity index (χ1n) is 6.15. The normalized spacial score (nSPS) is 11.9. The molecule has 1 aromatic rings. The minimum Gasteiger partial charge on any atom is -0.368 e. The molecule has 0 aliphatic carbocycles. The molecular formula is C13H17N3O4. The molecule has 7 heteroatoms. The highest BCUT2D eigenvalue weighted by Gasteiger charge is 2.23. The van der Waals surface area contributed by atoms with Crippen molar-refractivity contribution in [1.82, 2.24) is 5.32 Å². The van der Waals surface area contributed by atoms with Crippen molar-refractivity contribution in [2.45, 2.75) is 26.3 Å². The van der Waals surface area contributed by atoms with Gasteiger partial charge in [-0.3, -0.25) is 19.7 Å². The van der Waals surface area contributed by atoms with Crippen molar-refractivity contribution < 1.29 is 14.5 Å². The van der Waals surface area contributed by atoms with Gasteiger partial charge in [0.2, 0.25) is 11.8 Å². The molecule has 0 saturated heterocycles. The van der Waals surface area contributed by atoms with Gasteiger partial charge in [-0.2, -0.15) is 0 Å². The van der Waals surface area contributed by atoms with E-state index in [-0.39, 0.29) is 23.9 Å². The number of hydrogen-bond acceptors (Lipinski definition) is 4. The smallest absolute Gasteiger partial charge is 0.272 e. The number of para-hydroxylation sites is 1. The summed E-state index contributed by atoms with van der Waals surface area (Å²) in [5.74, 6) is -1.35. The third kappa shape index (κ3) is 4.04.